The van der Waals surface area contributed by atoms with Gasteiger partial charge < -0.3 is 11.5 Å². The van der Waals surface area contributed by atoms with Crippen molar-refractivity contribution in [1.82, 2.24) is 0 Å². The zero-order valence-corrected chi connectivity index (χ0v) is 11.4. The highest BCUT2D eigenvalue weighted by Crippen LogP contribution is 2.46. The number of hydrogen-bond donors (Lipinski definition) is 0. The third-order valence-corrected chi connectivity index (χ3v) is 6.11. The quantitative estimate of drug-likeness (QED) is 0.638. The molecular weight excluding hydrogens is 226 g/mol. The zero-order chi connectivity index (χ0) is 11.7. The van der Waals surface area contributed by atoms with Crippen LogP contribution in [0, 0.1) is 17.8 Å². The van der Waals surface area contributed by atoms with Gasteiger partial charge in [0.05, 0.1) is 6.13 Å². The highest BCUT2D eigenvalue weighted by Gasteiger charge is 2.34. The second-order valence-corrected chi connectivity index (χ2v) is 7.11. The van der Waals surface area contributed by atoms with Gasteiger partial charge in [-0.3, -0.25) is 0 Å². The summed E-state index contributed by atoms with van der Waals surface area (Å²) in [7, 11) is 0. The van der Waals surface area contributed by atoms with E-state index in [4.69, 9.17) is 11.5 Å². The van der Waals surface area contributed by atoms with Crippen LogP contribution in [0.3, 0.4) is 0 Å². The standard InChI is InChI=1S/C15H23BCl/c17-16(14-6-2-3-7-14)11-13-10-9-12-5-1-4-8-15(12)13/h1,4-5,8,12-16H,2-3,6-7,9-11H2/q-1. The van der Waals surface area contributed by atoms with E-state index in [1.807, 2.05) is 0 Å². The average Bonchev–Trinajstić information content (AvgIpc) is 2.98. The van der Waals surface area contributed by atoms with E-state index in [9.17, 15) is 0 Å². The molecule has 2 fully saturated rings. The summed E-state index contributed by atoms with van der Waals surface area (Å²) in [5.74, 6) is 3.44. The predicted octanol–water partition coefficient (Wildman–Crippen LogP) is 4.66. The maximum Gasteiger partial charge on any atom is 0.0735 e. The second-order valence-electron chi connectivity index (χ2n) is 6.42. The molecule has 4 atom stereocenters. The van der Waals surface area contributed by atoms with Gasteiger partial charge in [-0.15, -0.1) is 0 Å². The van der Waals surface area contributed by atoms with E-state index in [2.05, 4.69) is 24.3 Å². The van der Waals surface area contributed by atoms with Crippen molar-refractivity contribution in [1.29, 1.82) is 0 Å². The molecule has 0 amide bonds. The van der Waals surface area contributed by atoms with Crippen molar-refractivity contribution in [2.24, 2.45) is 17.8 Å². The first kappa shape index (κ1) is 11.9. The third kappa shape index (κ3) is 2.50. The normalized spacial score (nSPS) is 38.5. The Bertz CT molecular complexity index is 317. The van der Waals surface area contributed by atoms with Gasteiger partial charge in [0.1, 0.15) is 0 Å². The van der Waals surface area contributed by atoms with Gasteiger partial charge in [-0.25, -0.2) is 0 Å². The molecule has 0 spiro atoms. The molecule has 0 saturated heterocycles. The summed E-state index contributed by atoms with van der Waals surface area (Å²) >= 11 is 6.74. The Labute approximate surface area is 110 Å². The molecule has 4 unspecified atom stereocenters. The van der Waals surface area contributed by atoms with Crippen LogP contribution in [0.15, 0.2) is 24.3 Å². The Kier molecular flexibility index (Phi) is 3.65. The van der Waals surface area contributed by atoms with Gasteiger partial charge in [0, 0.05) is 0 Å². The number of rotatable bonds is 3. The summed E-state index contributed by atoms with van der Waals surface area (Å²) in [6.07, 6.45) is 18.8. The molecule has 2 saturated carbocycles. The summed E-state index contributed by atoms with van der Waals surface area (Å²) < 4.78 is 0. The van der Waals surface area contributed by atoms with Crippen LogP contribution in [0.2, 0.25) is 12.1 Å². The molecule has 94 valence electrons. The summed E-state index contributed by atoms with van der Waals surface area (Å²) in [4.78, 5) is 0. The fourth-order valence-electron chi connectivity index (χ4n) is 4.44. The highest BCUT2D eigenvalue weighted by molar-refractivity contribution is 7.07. The predicted molar refractivity (Wildman–Crippen MR) is 78.0 cm³/mol. The smallest absolute Gasteiger partial charge is 0.0735 e. The van der Waals surface area contributed by atoms with E-state index in [-0.39, 0.29) is 0 Å². The van der Waals surface area contributed by atoms with E-state index in [1.165, 1.54) is 44.8 Å². The molecule has 3 aliphatic rings. The molecule has 0 nitrogen and oxygen atoms in total. The minimum Gasteiger partial charge on any atom is -0.394 e. The van der Waals surface area contributed by atoms with Crippen molar-refractivity contribution < 1.29 is 0 Å². The Morgan fingerprint density at radius 2 is 1.76 bits per heavy atom. The van der Waals surface area contributed by atoms with Gasteiger partial charge in [0.2, 0.25) is 0 Å². The molecule has 0 aliphatic heterocycles. The van der Waals surface area contributed by atoms with Crippen molar-refractivity contribution >= 4 is 17.6 Å². The topological polar surface area (TPSA) is 0 Å². The third-order valence-electron chi connectivity index (χ3n) is 5.46. The van der Waals surface area contributed by atoms with Crippen LogP contribution in [-0.2, 0) is 0 Å². The largest absolute Gasteiger partial charge is 0.394 e. The van der Waals surface area contributed by atoms with E-state index in [1.54, 1.807) is 0 Å². The highest BCUT2D eigenvalue weighted by atomic mass is 35.5. The van der Waals surface area contributed by atoms with Crippen LogP contribution < -0.4 is 0 Å². The van der Waals surface area contributed by atoms with Gasteiger partial charge in [-0.2, -0.15) is 12.1 Å². The average molecular weight is 250 g/mol. The first-order valence-electron chi connectivity index (χ1n) is 7.55. The fraction of sp³-hybridized carbons (Fsp3) is 0.733. The van der Waals surface area contributed by atoms with Crippen molar-refractivity contribution in [2.45, 2.75) is 50.7 Å². The Morgan fingerprint density at radius 3 is 2.59 bits per heavy atom. The zero-order valence-electron chi connectivity index (χ0n) is 10.7. The molecule has 0 aromatic rings. The molecule has 3 aliphatic carbocycles. The number of halogens is 1. The second kappa shape index (κ2) is 5.22. The summed E-state index contributed by atoms with van der Waals surface area (Å²) in [5.41, 5.74) is 0. The SMILES string of the molecule is Cl[BH-](CC1CCC2C=CC=CC21)C1CCCC1. The minimum atomic E-state index is -0.398. The monoisotopic (exact) mass is 249 g/mol. The molecule has 0 aromatic heterocycles. The first-order chi connectivity index (χ1) is 8.34. The molecule has 2 heteroatoms. The van der Waals surface area contributed by atoms with E-state index in [0.717, 1.165) is 23.6 Å². The molecule has 0 N–H and O–H groups in total. The van der Waals surface area contributed by atoms with Crippen LogP contribution in [0.25, 0.3) is 0 Å². The van der Waals surface area contributed by atoms with Crippen molar-refractivity contribution in [3.63, 3.8) is 0 Å². The van der Waals surface area contributed by atoms with Gasteiger partial charge in [0.15, 0.2) is 0 Å². The molecule has 0 aromatic carbocycles. The maximum atomic E-state index is 6.74. The lowest BCUT2D eigenvalue weighted by Gasteiger charge is -2.30. The molecule has 0 radical (unpaired) electrons. The molecule has 0 heterocycles. The van der Waals surface area contributed by atoms with Crippen LogP contribution in [-0.4, -0.2) is 6.13 Å². The lowest BCUT2D eigenvalue weighted by Crippen LogP contribution is -2.20. The Hall–Kier alpha value is -0.165. The van der Waals surface area contributed by atoms with Gasteiger partial charge in [-0.1, -0.05) is 62.3 Å². The molecule has 17 heavy (non-hydrogen) atoms. The number of fused-ring (bicyclic) bond motifs is 1. The Balaban J connectivity index is 1.58. The van der Waals surface area contributed by atoms with Crippen molar-refractivity contribution in [3.8, 4) is 0 Å². The van der Waals surface area contributed by atoms with Gasteiger partial charge in [0.25, 0.3) is 0 Å². The van der Waals surface area contributed by atoms with Crippen molar-refractivity contribution in [3.05, 3.63) is 24.3 Å². The summed E-state index contributed by atoms with van der Waals surface area (Å²) in [5, 5.41) is 0. The lowest BCUT2D eigenvalue weighted by atomic mass is 9.55. The van der Waals surface area contributed by atoms with Gasteiger partial charge in [-0.05, 0) is 18.3 Å². The number of allylic oxidation sites excluding steroid dienone is 4. The van der Waals surface area contributed by atoms with E-state index < -0.39 is 6.13 Å². The maximum absolute atomic E-state index is 6.74. The van der Waals surface area contributed by atoms with Crippen LogP contribution >= 0.6 is 11.5 Å². The summed E-state index contributed by atoms with van der Waals surface area (Å²) in [6.45, 7) is 0. The molecular formula is C15H23BCl-. The van der Waals surface area contributed by atoms with Gasteiger partial charge >= 0.3 is 0 Å². The summed E-state index contributed by atoms with van der Waals surface area (Å²) in [6, 6.07) is 0. The van der Waals surface area contributed by atoms with Crippen LogP contribution in [0.1, 0.15) is 38.5 Å². The Morgan fingerprint density at radius 1 is 1.00 bits per heavy atom. The van der Waals surface area contributed by atoms with E-state index in [0.29, 0.717) is 0 Å². The van der Waals surface area contributed by atoms with Crippen LogP contribution in [0.5, 0.6) is 0 Å². The molecule has 0 bridgehead atoms. The van der Waals surface area contributed by atoms with Crippen LogP contribution in [0.4, 0.5) is 0 Å². The molecule has 3 rings (SSSR count). The first-order valence-corrected chi connectivity index (χ1v) is 8.08. The fourth-order valence-corrected chi connectivity index (χ4v) is 5.03. The minimum absolute atomic E-state index is 0.398. The van der Waals surface area contributed by atoms with Crippen molar-refractivity contribution in [2.75, 3.05) is 0 Å². The number of hydrogen-bond acceptors (Lipinski definition) is 0. The van der Waals surface area contributed by atoms with E-state index >= 15 is 0 Å². The lowest BCUT2D eigenvalue weighted by molar-refractivity contribution is 0.448.